The van der Waals surface area contributed by atoms with Crippen LogP contribution in [0.5, 0.6) is 0 Å². The molecule has 0 heterocycles. The second kappa shape index (κ2) is 6.02. The van der Waals surface area contributed by atoms with Crippen molar-refractivity contribution in [1.82, 2.24) is 10.4 Å². The molecule has 2 heteroatoms. The van der Waals surface area contributed by atoms with Crippen molar-refractivity contribution < 1.29 is 0 Å². The Labute approximate surface area is 101 Å². The zero-order valence-electron chi connectivity index (χ0n) is 11.0. The summed E-state index contributed by atoms with van der Waals surface area (Å²) < 4.78 is 0. The Hall–Kier alpha value is -0.0800. The fourth-order valence-corrected chi connectivity index (χ4v) is 3.78. The molecule has 2 aliphatic carbocycles. The predicted octanol–water partition coefficient (Wildman–Crippen LogP) is 3.19. The van der Waals surface area contributed by atoms with Crippen molar-refractivity contribution >= 4 is 0 Å². The van der Waals surface area contributed by atoms with Crippen LogP contribution >= 0.6 is 0 Å². The van der Waals surface area contributed by atoms with Gasteiger partial charge in [-0.3, -0.25) is 10.4 Å². The van der Waals surface area contributed by atoms with Crippen molar-refractivity contribution in [1.29, 1.82) is 0 Å². The Morgan fingerprint density at radius 3 is 2.12 bits per heavy atom. The Morgan fingerprint density at radius 1 is 0.812 bits per heavy atom. The summed E-state index contributed by atoms with van der Waals surface area (Å²) in [5.41, 5.74) is 3.66. The van der Waals surface area contributed by atoms with Crippen LogP contribution in [-0.4, -0.2) is 25.1 Å². The molecular formula is C14H28N2. The molecule has 0 radical (unpaired) electrons. The molecule has 0 amide bonds. The van der Waals surface area contributed by atoms with Crippen LogP contribution in [0.2, 0.25) is 0 Å². The zero-order chi connectivity index (χ0) is 11.4. The second-order valence-electron chi connectivity index (χ2n) is 5.98. The van der Waals surface area contributed by atoms with Crippen LogP contribution in [0.1, 0.15) is 57.8 Å². The van der Waals surface area contributed by atoms with E-state index in [1.54, 1.807) is 0 Å². The summed E-state index contributed by atoms with van der Waals surface area (Å²) in [7, 11) is 4.26. The Bertz CT molecular complexity index is 197. The molecule has 2 nitrogen and oxygen atoms in total. The van der Waals surface area contributed by atoms with E-state index in [1.807, 2.05) is 0 Å². The molecule has 0 aromatic heterocycles. The number of nitrogens with zero attached hydrogens (tertiary/aromatic N) is 1. The van der Waals surface area contributed by atoms with Crippen molar-refractivity contribution in [2.75, 3.05) is 14.1 Å². The first-order chi connectivity index (χ1) is 7.77. The Morgan fingerprint density at radius 2 is 1.44 bits per heavy atom. The minimum absolute atomic E-state index is 0.756. The summed E-state index contributed by atoms with van der Waals surface area (Å²) in [5, 5.41) is 2.16. The van der Waals surface area contributed by atoms with Crippen molar-refractivity contribution in [2.24, 2.45) is 11.8 Å². The highest BCUT2D eigenvalue weighted by atomic mass is 15.5. The average molecular weight is 224 g/mol. The largest absolute Gasteiger partial charge is 0.252 e. The van der Waals surface area contributed by atoms with Crippen molar-refractivity contribution in [2.45, 2.75) is 63.8 Å². The average Bonchev–Trinajstić information content (AvgIpc) is 2.30. The topological polar surface area (TPSA) is 15.3 Å². The van der Waals surface area contributed by atoms with Crippen molar-refractivity contribution in [3.63, 3.8) is 0 Å². The molecule has 0 bridgehead atoms. The van der Waals surface area contributed by atoms with Gasteiger partial charge in [-0.05, 0) is 24.7 Å². The van der Waals surface area contributed by atoms with Crippen LogP contribution in [0.25, 0.3) is 0 Å². The highest BCUT2D eigenvalue weighted by Gasteiger charge is 2.32. The van der Waals surface area contributed by atoms with E-state index in [9.17, 15) is 0 Å². The fourth-order valence-electron chi connectivity index (χ4n) is 3.78. The second-order valence-corrected chi connectivity index (χ2v) is 5.98. The lowest BCUT2D eigenvalue weighted by Gasteiger charge is -2.40. The first-order valence-electron chi connectivity index (χ1n) is 7.21. The van der Waals surface area contributed by atoms with E-state index in [1.165, 1.54) is 57.8 Å². The van der Waals surface area contributed by atoms with Gasteiger partial charge in [-0.15, -0.1) is 0 Å². The smallest absolute Gasteiger partial charge is 0.0245 e. The van der Waals surface area contributed by atoms with E-state index < -0.39 is 0 Å². The van der Waals surface area contributed by atoms with E-state index >= 15 is 0 Å². The van der Waals surface area contributed by atoms with E-state index in [4.69, 9.17) is 0 Å². The summed E-state index contributed by atoms with van der Waals surface area (Å²) in [5.74, 6) is 1.97. The highest BCUT2D eigenvalue weighted by molar-refractivity contribution is 4.86. The molecular weight excluding hydrogens is 196 g/mol. The normalized spacial score (nSPS) is 33.2. The minimum Gasteiger partial charge on any atom is -0.252 e. The van der Waals surface area contributed by atoms with Crippen LogP contribution in [-0.2, 0) is 0 Å². The van der Waals surface area contributed by atoms with Gasteiger partial charge in [0.25, 0.3) is 0 Å². The Balaban J connectivity index is 1.92. The molecule has 1 N–H and O–H groups in total. The highest BCUT2D eigenvalue weighted by Crippen LogP contribution is 2.38. The van der Waals surface area contributed by atoms with E-state index in [0.29, 0.717) is 0 Å². The van der Waals surface area contributed by atoms with Crippen LogP contribution in [0, 0.1) is 11.8 Å². The summed E-state index contributed by atoms with van der Waals surface area (Å²) >= 11 is 0. The standard InChI is InChI=1S/C14H28N2/c1-16(2)15-14-11-7-6-10-13(14)12-8-4-3-5-9-12/h12-15H,3-11H2,1-2H3. The lowest BCUT2D eigenvalue weighted by atomic mass is 9.71. The first-order valence-corrected chi connectivity index (χ1v) is 7.21. The van der Waals surface area contributed by atoms with Gasteiger partial charge >= 0.3 is 0 Å². The van der Waals surface area contributed by atoms with Crippen LogP contribution in [0.15, 0.2) is 0 Å². The molecule has 2 aliphatic rings. The quantitative estimate of drug-likeness (QED) is 0.741. The molecule has 94 valence electrons. The molecule has 0 aliphatic heterocycles. The fraction of sp³-hybridized carbons (Fsp3) is 1.00. The molecule has 16 heavy (non-hydrogen) atoms. The first kappa shape index (κ1) is 12.4. The molecule has 0 aromatic carbocycles. The number of hydrogen-bond acceptors (Lipinski definition) is 2. The van der Waals surface area contributed by atoms with E-state index in [-0.39, 0.29) is 0 Å². The van der Waals surface area contributed by atoms with Crippen LogP contribution < -0.4 is 5.43 Å². The van der Waals surface area contributed by atoms with Gasteiger partial charge in [-0.25, -0.2) is 0 Å². The van der Waals surface area contributed by atoms with Gasteiger partial charge in [0.05, 0.1) is 0 Å². The lowest BCUT2D eigenvalue weighted by Crippen LogP contribution is -2.48. The van der Waals surface area contributed by atoms with Gasteiger partial charge in [0, 0.05) is 20.1 Å². The van der Waals surface area contributed by atoms with Crippen LogP contribution in [0.3, 0.4) is 0 Å². The molecule has 2 unspecified atom stereocenters. The van der Waals surface area contributed by atoms with Gasteiger partial charge in [-0.1, -0.05) is 44.9 Å². The summed E-state index contributed by atoms with van der Waals surface area (Å²) in [6, 6.07) is 0.756. The molecule has 2 rings (SSSR count). The predicted molar refractivity (Wildman–Crippen MR) is 69.1 cm³/mol. The summed E-state index contributed by atoms with van der Waals surface area (Å²) in [6.07, 6.45) is 13.2. The SMILES string of the molecule is CN(C)NC1CCCCC1C1CCCCC1. The van der Waals surface area contributed by atoms with Crippen LogP contribution in [0.4, 0.5) is 0 Å². The van der Waals surface area contributed by atoms with Crippen molar-refractivity contribution in [3.8, 4) is 0 Å². The Kier molecular flexibility index (Phi) is 4.66. The molecule has 2 fully saturated rings. The molecule has 2 atom stereocenters. The number of hydrazine groups is 1. The summed E-state index contributed by atoms with van der Waals surface area (Å²) in [6.45, 7) is 0. The third kappa shape index (κ3) is 3.21. The van der Waals surface area contributed by atoms with E-state index in [0.717, 1.165) is 17.9 Å². The monoisotopic (exact) mass is 224 g/mol. The molecule has 2 saturated carbocycles. The maximum Gasteiger partial charge on any atom is 0.0245 e. The van der Waals surface area contributed by atoms with Gasteiger partial charge in [0.2, 0.25) is 0 Å². The molecule has 0 aromatic rings. The third-order valence-corrected chi connectivity index (χ3v) is 4.50. The number of nitrogens with one attached hydrogen (secondary N) is 1. The number of rotatable bonds is 3. The lowest BCUT2D eigenvalue weighted by molar-refractivity contribution is 0.100. The van der Waals surface area contributed by atoms with Crippen molar-refractivity contribution in [3.05, 3.63) is 0 Å². The van der Waals surface area contributed by atoms with E-state index in [2.05, 4.69) is 24.5 Å². The molecule has 0 saturated heterocycles. The third-order valence-electron chi connectivity index (χ3n) is 4.50. The maximum atomic E-state index is 3.66. The van der Waals surface area contributed by atoms with Gasteiger partial charge in [-0.2, -0.15) is 0 Å². The maximum absolute atomic E-state index is 3.66. The van der Waals surface area contributed by atoms with Gasteiger partial charge < -0.3 is 0 Å². The zero-order valence-corrected chi connectivity index (χ0v) is 11.0. The summed E-state index contributed by atoms with van der Waals surface area (Å²) in [4.78, 5) is 0. The minimum atomic E-state index is 0.756. The van der Waals surface area contributed by atoms with Gasteiger partial charge in [0.15, 0.2) is 0 Å². The number of hydrogen-bond donors (Lipinski definition) is 1. The van der Waals surface area contributed by atoms with Gasteiger partial charge in [0.1, 0.15) is 0 Å². The molecule has 0 spiro atoms.